The van der Waals surface area contributed by atoms with Crippen LogP contribution in [0.4, 0.5) is 38.1 Å². The van der Waals surface area contributed by atoms with E-state index in [0.29, 0.717) is 33.7 Å². The minimum absolute atomic E-state index is 0.127. The minimum Gasteiger partial charge on any atom is -0.426 e. The third-order valence-electron chi connectivity index (χ3n) is 6.72. The van der Waals surface area contributed by atoms with Gasteiger partial charge in [0.15, 0.2) is 11.0 Å². The van der Waals surface area contributed by atoms with E-state index in [1.807, 2.05) is 12.1 Å². The lowest BCUT2D eigenvalue weighted by atomic mass is 10.1. The zero-order valence-electron chi connectivity index (χ0n) is 23.5. The highest BCUT2D eigenvalue weighted by Crippen LogP contribution is 2.37. The number of urea groups is 1. The number of aryl methyl sites for hydroxylation is 1. The second-order valence-corrected chi connectivity index (χ2v) is 10.8. The number of aliphatic imine (C=N–C) groups is 1. The molecule has 0 unspecified atom stereocenters. The molecule has 0 atom stereocenters. The van der Waals surface area contributed by atoms with Gasteiger partial charge in [0.05, 0.1) is 22.6 Å². The van der Waals surface area contributed by atoms with Crippen LogP contribution in [0.2, 0.25) is 0 Å². The smallest absolute Gasteiger partial charge is 0.426 e. The number of rotatable bonds is 6. The predicted octanol–water partition coefficient (Wildman–Crippen LogP) is 6.99. The number of pyridine rings is 1. The average Bonchev–Trinajstić information content (AvgIpc) is 3.65. The molecule has 3 aromatic carbocycles. The van der Waals surface area contributed by atoms with Crippen molar-refractivity contribution in [2.24, 2.45) is 4.99 Å². The average molecular weight is 654 g/mol. The molecule has 0 saturated carbocycles. The molecule has 0 radical (unpaired) electrons. The van der Waals surface area contributed by atoms with Crippen LogP contribution in [0.1, 0.15) is 5.56 Å². The van der Waals surface area contributed by atoms with E-state index < -0.39 is 24.1 Å². The molecule has 1 N–H and O–H groups in total. The van der Waals surface area contributed by atoms with E-state index in [2.05, 4.69) is 30.1 Å². The third kappa shape index (κ3) is 6.10. The fourth-order valence-corrected chi connectivity index (χ4v) is 5.39. The molecule has 234 valence electrons. The quantitative estimate of drug-likeness (QED) is 0.197. The Labute approximate surface area is 260 Å². The second kappa shape index (κ2) is 11.8. The molecule has 0 aliphatic carbocycles. The maximum Gasteiger partial charge on any atom is 0.499 e. The molecule has 0 spiro atoms. The number of halogens is 5. The van der Waals surface area contributed by atoms with Gasteiger partial charge in [0.2, 0.25) is 5.91 Å². The van der Waals surface area contributed by atoms with Crippen molar-refractivity contribution in [2.75, 3.05) is 16.0 Å². The van der Waals surface area contributed by atoms with E-state index in [-0.39, 0.29) is 22.7 Å². The van der Waals surface area contributed by atoms with Crippen molar-refractivity contribution < 1.29 is 36.3 Å². The van der Waals surface area contributed by atoms with Crippen molar-refractivity contribution in [3.63, 3.8) is 0 Å². The van der Waals surface area contributed by atoms with E-state index in [0.717, 1.165) is 29.3 Å². The molecule has 0 bridgehead atoms. The Morgan fingerprint density at radius 2 is 1.78 bits per heavy atom. The van der Waals surface area contributed by atoms with Crippen molar-refractivity contribution in [3.05, 3.63) is 90.9 Å². The van der Waals surface area contributed by atoms with Crippen LogP contribution in [-0.4, -0.2) is 54.9 Å². The Balaban J connectivity index is 1.15. The number of hydrogen-bond acceptors (Lipinski definition) is 7. The molecule has 1 aliphatic rings. The number of ether oxygens (including phenoxy) is 1. The first-order chi connectivity index (χ1) is 21.9. The van der Waals surface area contributed by atoms with Crippen LogP contribution in [-0.2, 0) is 4.79 Å². The maximum absolute atomic E-state index is 13.2. The zero-order chi connectivity index (χ0) is 32.6. The summed E-state index contributed by atoms with van der Waals surface area (Å²) >= 11 is 1.15. The number of hydrogen-bond donors (Lipinski definition) is 1. The van der Waals surface area contributed by atoms with Crippen LogP contribution in [0.15, 0.2) is 90.3 Å². The summed E-state index contributed by atoms with van der Waals surface area (Å²) in [5.74, 6) is -0.484. The lowest BCUT2D eigenvalue weighted by Crippen LogP contribution is -2.41. The first kappa shape index (κ1) is 30.6. The zero-order valence-corrected chi connectivity index (χ0v) is 24.3. The maximum atomic E-state index is 13.2. The Kier molecular flexibility index (Phi) is 7.89. The van der Waals surface area contributed by atoms with Crippen LogP contribution in [0.3, 0.4) is 0 Å². The van der Waals surface area contributed by atoms with E-state index in [1.165, 1.54) is 28.0 Å². The summed E-state index contributed by atoms with van der Waals surface area (Å²) in [5.41, 5.74) is 3.30. The summed E-state index contributed by atoms with van der Waals surface area (Å²) < 4.78 is 68.7. The van der Waals surface area contributed by atoms with Gasteiger partial charge in [0.25, 0.3) is 0 Å². The molecule has 6 rings (SSSR count). The van der Waals surface area contributed by atoms with Gasteiger partial charge in [-0.25, -0.2) is 14.5 Å². The van der Waals surface area contributed by atoms with Gasteiger partial charge in [-0.3, -0.25) is 14.7 Å². The van der Waals surface area contributed by atoms with E-state index >= 15 is 0 Å². The number of nitrogens with one attached hydrogen (secondary N) is 1. The summed E-state index contributed by atoms with van der Waals surface area (Å²) in [7, 11) is 0. The summed E-state index contributed by atoms with van der Waals surface area (Å²) in [6.07, 6.45) is -8.20. The molecule has 1 saturated heterocycles. The van der Waals surface area contributed by atoms with Gasteiger partial charge in [-0.15, -0.1) is 5.10 Å². The van der Waals surface area contributed by atoms with Crippen LogP contribution < -0.4 is 15.0 Å². The predicted molar refractivity (Wildman–Crippen MR) is 161 cm³/mol. The van der Waals surface area contributed by atoms with Gasteiger partial charge >= 0.3 is 18.3 Å². The van der Waals surface area contributed by atoms with Gasteiger partial charge < -0.3 is 10.1 Å². The Morgan fingerprint density at radius 1 is 1.00 bits per heavy atom. The normalized spacial score (nSPS) is 14.7. The minimum atomic E-state index is -5.86. The van der Waals surface area contributed by atoms with Crippen molar-refractivity contribution >= 4 is 51.1 Å². The van der Waals surface area contributed by atoms with Crippen molar-refractivity contribution in [2.45, 2.75) is 19.2 Å². The van der Waals surface area contributed by atoms with Crippen LogP contribution in [0.25, 0.3) is 28.0 Å². The third-order valence-corrected chi connectivity index (χ3v) is 7.64. The lowest BCUT2D eigenvalue weighted by Gasteiger charge is -2.20. The SMILES string of the molecule is Cc1cc(-c2ncn(-c3ccc(OC(F)(F)C(F)(F)F)cc3)n2)ccc1NC(=O)/N=C1\SCC(=O)N1c1cccc2ncccc12. The number of carbonyl (C=O) groups excluding carboxylic acids is 2. The summed E-state index contributed by atoms with van der Waals surface area (Å²) in [6.45, 7) is 1.75. The number of benzene rings is 3. The van der Waals surface area contributed by atoms with Crippen molar-refractivity contribution in [3.8, 4) is 22.8 Å². The number of nitrogens with zero attached hydrogens (tertiary/aromatic N) is 6. The molecular formula is C30H20F5N7O3S. The molecule has 2 aromatic heterocycles. The topological polar surface area (TPSA) is 115 Å². The van der Waals surface area contributed by atoms with Crippen LogP contribution in [0.5, 0.6) is 5.75 Å². The van der Waals surface area contributed by atoms with Gasteiger partial charge in [-0.1, -0.05) is 17.8 Å². The highest BCUT2D eigenvalue weighted by Gasteiger charge is 2.61. The molecule has 10 nitrogen and oxygen atoms in total. The second-order valence-electron chi connectivity index (χ2n) is 9.84. The fourth-order valence-electron chi connectivity index (χ4n) is 4.53. The number of carbonyl (C=O) groups is 2. The molecule has 16 heteroatoms. The molecule has 3 heterocycles. The van der Waals surface area contributed by atoms with E-state index in [4.69, 9.17) is 0 Å². The first-order valence-corrected chi connectivity index (χ1v) is 14.3. The Hall–Kier alpha value is -5.38. The molecular weight excluding hydrogens is 633 g/mol. The van der Waals surface area contributed by atoms with Gasteiger partial charge in [0, 0.05) is 22.8 Å². The summed E-state index contributed by atoms with van der Waals surface area (Å²) in [5, 5.41) is 8.05. The highest BCUT2D eigenvalue weighted by atomic mass is 32.2. The number of aromatic nitrogens is 4. The lowest BCUT2D eigenvalue weighted by molar-refractivity contribution is -0.360. The van der Waals surface area contributed by atoms with Crippen LogP contribution >= 0.6 is 11.8 Å². The van der Waals surface area contributed by atoms with E-state index in [1.54, 1.807) is 49.5 Å². The number of alkyl halides is 5. The number of anilines is 2. The molecule has 1 aliphatic heterocycles. The van der Waals surface area contributed by atoms with Gasteiger partial charge in [-0.05, 0) is 79.2 Å². The Bertz CT molecular complexity index is 1990. The van der Waals surface area contributed by atoms with Crippen molar-refractivity contribution in [1.82, 2.24) is 19.7 Å². The number of thioether (sulfide) groups is 1. The standard InChI is InChI=1S/C30H20F5N7O3S/c1-17-14-18(26-37-16-41(40-26)19-8-10-20(11-9-19)45-30(34,35)29(31,32)33)7-12-22(17)38-27(44)39-28-42(25(43)15-46-28)24-6-2-5-23-21(24)4-3-13-36-23/h2-14,16H,15H2,1H3,(H,38,44)/b39-28-. The summed E-state index contributed by atoms with van der Waals surface area (Å²) in [6, 6.07) is 17.7. The molecule has 46 heavy (non-hydrogen) atoms. The van der Waals surface area contributed by atoms with E-state index in [9.17, 15) is 31.5 Å². The number of fused-ring (bicyclic) bond motifs is 1. The number of amides is 3. The van der Waals surface area contributed by atoms with Crippen molar-refractivity contribution in [1.29, 1.82) is 0 Å². The Morgan fingerprint density at radius 3 is 2.52 bits per heavy atom. The van der Waals surface area contributed by atoms with Gasteiger partial charge in [-0.2, -0.15) is 26.9 Å². The number of amidine groups is 1. The fraction of sp³-hybridized carbons (Fsp3) is 0.133. The molecule has 5 aromatic rings. The summed E-state index contributed by atoms with van der Waals surface area (Å²) in [4.78, 5) is 39.8. The molecule has 3 amide bonds. The highest BCUT2D eigenvalue weighted by molar-refractivity contribution is 8.15. The first-order valence-electron chi connectivity index (χ1n) is 13.4. The monoisotopic (exact) mass is 653 g/mol. The largest absolute Gasteiger partial charge is 0.499 e. The van der Waals surface area contributed by atoms with Gasteiger partial charge in [0.1, 0.15) is 12.1 Å². The molecule has 1 fully saturated rings. The van der Waals surface area contributed by atoms with Crippen LogP contribution in [0, 0.1) is 6.92 Å².